The van der Waals surface area contributed by atoms with E-state index >= 15 is 0 Å². The number of aliphatic carboxylic acids is 2. The average molecular weight is 408 g/mol. The number of likely N-dealkylation sites (tertiary alicyclic amines) is 1. The number of carboxylic acids is 2. The van der Waals surface area contributed by atoms with Gasteiger partial charge in [0.2, 0.25) is 5.91 Å². The zero-order chi connectivity index (χ0) is 21.8. The van der Waals surface area contributed by atoms with Crippen LogP contribution in [0.1, 0.15) is 46.0 Å². The molecule has 0 bridgehead atoms. The monoisotopic (exact) mass is 408 g/mol. The molecule has 2 rings (SSSR count). The Morgan fingerprint density at radius 2 is 1.66 bits per heavy atom. The van der Waals surface area contributed by atoms with E-state index in [1.54, 1.807) is 0 Å². The molecule has 1 fully saturated rings. The van der Waals surface area contributed by atoms with Crippen molar-refractivity contribution in [3.05, 3.63) is 30.3 Å². The molecule has 0 spiro atoms. The van der Waals surface area contributed by atoms with E-state index in [-0.39, 0.29) is 11.9 Å². The molecule has 0 radical (unpaired) electrons. The van der Waals surface area contributed by atoms with E-state index in [0.717, 1.165) is 12.2 Å². The predicted octanol–water partition coefficient (Wildman–Crippen LogP) is 2.21. The summed E-state index contributed by atoms with van der Waals surface area (Å²) in [7, 11) is 0. The second-order valence-corrected chi connectivity index (χ2v) is 7.12. The molecule has 1 saturated heterocycles. The summed E-state index contributed by atoms with van der Waals surface area (Å²) in [6, 6.07) is 10.3. The van der Waals surface area contributed by atoms with Crippen molar-refractivity contribution in [2.45, 2.75) is 58.1 Å². The van der Waals surface area contributed by atoms with Crippen molar-refractivity contribution in [1.29, 1.82) is 0 Å². The standard InChI is InChI=1S/C17H26N2O.C4H6O5/c1-3-17(20)19(16-10-6-4-7-11-16)15(2)14-18-12-8-5-9-13-18;5-2(4(8)9)1-3(6)7/h4,6-7,10-11,15H,3,5,8-9,12-14H2,1-2H3;2,5H,1H2,(H,6,7)(H,8,9). The van der Waals surface area contributed by atoms with Crippen LogP contribution in [0.25, 0.3) is 0 Å². The lowest BCUT2D eigenvalue weighted by Gasteiger charge is -2.35. The molecular weight excluding hydrogens is 376 g/mol. The number of para-hydroxylation sites is 1. The number of benzene rings is 1. The summed E-state index contributed by atoms with van der Waals surface area (Å²) >= 11 is 0. The molecule has 3 N–H and O–H groups in total. The van der Waals surface area contributed by atoms with Crippen molar-refractivity contribution in [3.63, 3.8) is 0 Å². The van der Waals surface area contributed by atoms with Crippen LogP contribution in [-0.4, -0.2) is 69.8 Å². The Balaban J connectivity index is 0.000000396. The highest BCUT2D eigenvalue weighted by Crippen LogP contribution is 2.19. The van der Waals surface area contributed by atoms with E-state index in [2.05, 4.69) is 11.8 Å². The Bertz CT molecular complexity index is 646. The molecule has 1 aliphatic rings. The molecule has 8 heteroatoms. The number of piperidine rings is 1. The second-order valence-electron chi connectivity index (χ2n) is 7.12. The highest BCUT2D eigenvalue weighted by atomic mass is 16.4. The molecule has 8 nitrogen and oxygen atoms in total. The molecule has 1 heterocycles. The fraction of sp³-hybridized carbons (Fsp3) is 0.571. The first-order chi connectivity index (χ1) is 13.8. The van der Waals surface area contributed by atoms with Crippen LogP contribution in [0.5, 0.6) is 0 Å². The van der Waals surface area contributed by atoms with Gasteiger partial charge in [-0.1, -0.05) is 31.5 Å². The number of amides is 1. The molecular formula is C21H32N2O6. The largest absolute Gasteiger partial charge is 0.481 e. The Hall–Kier alpha value is -2.45. The van der Waals surface area contributed by atoms with Gasteiger partial charge in [0.05, 0.1) is 6.42 Å². The third kappa shape index (κ3) is 9.06. The molecule has 0 saturated carbocycles. The number of carbonyl (C=O) groups excluding carboxylic acids is 1. The Morgan fingerprint density at radius 3 is 2.10 bits per heavy atom. The van der Waals surface area contributed by atoms with Crippen LogP contribution < -0.4 is 4.90 Å². The molecule has 1 amide bonds. The number of aliphatic hydroxyl groups is 1. The smallest absolute Gasteiger partial charge is 0.333 e. The minimum absolute atomic E-state index is 0.209. The second kappa shape index (κ2) is 12.9. The highest BCUT2D eigenvalue weighted by Gasteiger charge is 2.23. The van der Waals surface area contributed by atoms with Gasteiger partial charge in [-0.25, -0.2) is 4.79 Å². The summed E-state index contributed by atoms with van der Waals surface area (Å²) in [5.74, 6) is -2.64. The lowest BCUT2D eigenvalue weighted by atomic mass is 10.1. The lowest BCUT2D eigenvalue weighted by Crippen LogP contribution is -2.46. The maximum absolute atomic E-state index is 12.3. The van der Waals surface area contributed by atoms with Gasteiger partial charge in [0, 0.05) is 24.7 Å². The molecule has 0 aliphatic carbocycles. The van der Waals surface area contributed by atoms with Crippen molar-refractivity contribution in [2.75, 3.05) is 24.5 Å². The SMILES string of the molecule is CCC(=O)N(c1ccccc1)C(C)CN1CCCCC1.O=C(O)CC(O)C(=O)O. The van der Waals surface area contributed by atoms with Crippen molar-refractivity contribution >= 4 is 23.5 Å². The number of carboxylic acid groups (broad SMARTS) is 2. The minimum atomic E-state index is -1.79. The lowest BCUT2D eigenvalue weighted by molar-refractivity contribution is -0.152. The third-order valence-electron chi connectivity index (χ3n) is 4.67. The van der Waals surface area contributed by atoms with Gasteiger partial charge in [-0.2, -0.15) is 0 Å². The summed E-state index contributed by atoms with van der Waals surface area (Å²) in [6.45, 7) is 7.42. The zero-order valence-corrected chi connectivity index (χ0v) is 17.2. The molecule has 1 aliphatic heterocycles. The van der Waals surface area contributed by atoms with E-state index in [9.17, 15) is 14.4 Å². The number of anilines is 1. The number of rotatable bonds is 8. The zero-order valence-electron chi connectivity index (χ0n) is 17.2. The maximum atomic E-state index is 12.3. The number of carbonyl (C=O) groups is 3. The summed E-state index contributed by atoms with van der Waals surface area (Å²) in [6.07, 6.45) is 1.94. The van der Waals surface area contributed by atoms with Gasteiger partial charge < -0.3 is 25.1 Å². The van der Waals surface area contributed by atoms with Crippen LogP contribution in [0.2, 0.25) is 0 Å². The Labute approximate surface area is 171 Å². The molecule has 162 valence electrons. The molecule has 2 atom stereocenters. The van der Waals surface area contributed by atoms with Gasteiger partial charge in [0.25, 0.3) is 0 Å². The summed E-state index contributed by atoms with van der Waals surface area (Å²) < 4.78 is 0. The first-order valence-corrected chi connectivity index (χ1v) is 9.98. The first-order valence-electron chi connectivity index (χ1n) is 9.98. The topological polar surface area (TPSA) is 118 Å². The number of aliphatic hydroxyl groups excluding tert-OH is 1. The van der Waals surface area contributed by atoms with Crippen LogP contribution in [0.4, 0.5) is 5.69 Å². The van der Waals surface area contributed by atoms with E-state index in [1.807, 2.05) is 42.2 Å². The van der Waals surface area contributed by atoms with Gasteiger partial charge in [-0.15, -0.1) is 0 Å². The fourth-order valence-corrected chi connectivity index (χ4v) is 3.25. The predicted molar refractivity (Wildman–Crippen MR) is 110 cm³/mol. The number of nitrogens with zero attached hydrogens (tertiary/aromatic N) is 2. The van der Waals surface area contributed by atoms with Crippen LogP contribution in [0.15, 0.2) is 30.3 Å². The minimum Gasteiger partial charge on any atom is -0.481 e. The fourth-order valence-electron chi connectivity index (χ4n) is 3.25. The van der Waals surface area contributed by atoms with Crippen molar-refractivity contribution in [1.82, 2.24) is 4.90 Å². The van der Waals surface area contributed by atoms with Crippen molar-refractivity contribution in [3.8, 4) is 0 Å². The van der Waals surface area contributed by atoms with Crippen LogP contribution in [-0.2, 0) is 14.4 Å². The van der Waals surface area contributed by atoms with E-state index in [1.165, 1.54) is 32.4 Å². The number of hydrogen-bond acceptors (Lipinski definition) is 5. The van der Waals surface area contributed by atoms with Crippen molar-refractivity contribution < 1.29 is 29.7 Å². The molecule has 2 unspecified atom stereocenters. The van der Waals surface area contributed by atoms with Gasteiger partial charge >= 0.3 is 11.9 Å². The maximum Gasteiger partial charge on any atom is 0.333 e. The normalized spacial score (nSPS) is 16.1. The van der Waals surface area contributed by atoms with Gasteiger partial charge in [-0.3, -0.25) is 9.59 Å². The summed E-state index contributed by atoms with van der Waals surface area (Å²) in [5, 5.41) is 24.1. The van der Waals surface area contributed by atoms with Gasteiger partial charge in [0.1, 0.15) is 0 Å². The summed E-state index contributed by atoms with van der Waals surface area (Å²) in [4.78, 5) is 36.2. The molecule has 1 aromatic carbocycles. The van der Waals surface area contributed by atoms with Crippen molar-refractivity contribution in [2.24, 2.45) is 0 Å². The van der Waals surface area contributed by atoms with Crippen LogP contribution >= 0.6 is 0 Å². The number of hydrogen-bond donors (Lipinski definition) is 3. The van der Waals surface area contributed by atoms with E-state index in [0.29, 0.717) is 6.42 Å². The molecule has 1 aromatic rings. The molecule has 29 heavy (non-hydrogen) atoms. The van der Waals surface area contributed by atoms with E-state index < -0.39 is 24.5 Å². The summed E-state index contributed by atoms with van der Waals surface area (Å²) in [5.41, 5.74) is 1.02. The third-order valence-corrected chi connectivity index (χ3v) is 4.67. The van der Waals surface area contributed by atoms with Crippen LogP contribution in [0, 0.1) is 0 Å². The highest BCUT2D eigenvalue weighted by molar-refractivity contribution is 5.93. The Kier molecular flexibility index (Phi) is 10.9. The van der Waals surface area contributed by atoms with Crippen LogP contribution in [0.3, 0.4) is 0 Å². The Morgan fingerprint density at radius 1 is 1.07 bits per heavy atom. The van der Waals surface area contributed by atoms with E-state index in [4.69, 9.17) is 15.3 Å². The average Bonchev–Trinajstić information content (AvgIpc) is 2.69. The van der Waals surface area contributed by atoms with Gasteiger partial charge in [0.15, 0.2) is 6.10 Å². The quantitative estimate of drug-likeness (QED) is 0.603. The molecule has 0 aromatic heterocycles. The van der Waals surface area contributed by atoms with Gasteiger partial charge in [-0.05, 0) is 45.0 Å². The first kappa shape index (κ1) is 24.6.